The summed E-state index contributed by atoms with van der Waals surface area (Å²) in [6.45, 7) is 3.80. The summed E-state index contributed by atoms with van der Waals surface area (Å²) in [5.41, 5.74) is 0.662. The highest BCUT2D eigenvalue weighted by Crippen LogP contribution is 2.53. The van der Waals surface area contributed by atoms with E-state index in [9.17, 15) is 24.3 Å². The van der Waals surface area contributed by atoms with Crippen LogP contribution in [0.3, 0.4) is 0 Å². The number of cyclic esters (lactones) is 1. The first-order valence-corrected chi connectivity index (χ1v) is 17.2. The van der Waals surface area contributed by atoms with Gasteiger partial charge in [-0.3, -0.25) is 19.2 Å². The maximum absolute atomic E-state index is 14.9. The van der Waals surface area contributed by atoms with Crippen LogP contribution >= 0.6 is 0 Å². The Hall–Kier alpha value is -4.88. The second-order valence-electron chi connectivity index (χ2n) is 13.9. The monoisotopic (exact) mass is 682 g/mol. The number of aliphatic hydroxyl groups excluding tert-OH is 1. The molecule has 4 aliphatic rings. The Morgan fingerprint density at radius 1 is 1.02 bits per heavy atom. The summed E-state index contributed by atoms with van der Waals surface area (Å²) in [7, 11) is 0. The molecule has 2 fully saturated rings. The summed E-state index contributed by atoms with van der Waals surface area (Å²) >= 11 is 0. The molecule has 0 unspecified atom stereocenters. The van der Waals surface area contributed by atoms with Crippen LogP contribution in [-0.4, -0.2) is 97.1 Å². The molecule has 0 saturated carbocycles. The van der Waals surface area contributed by atoms with Gasteiger partial charge in [-0.2, -0.15) is 0 Å². The van der Waals surface area contributed by atoms with Crippen molar-refractivity contribution in [2.24, 2.45) is 17.8 Å². The minimum absolute atomic E-state index is 0.0664. The standard InChI is InChI=1S/C37H42N6O7/c1-23(2)19-25(20-44)43-33-36(48)41(22-42-28-14-7-6-13-26(28)39-40-42)18-10-17-37(33)32(35(43)47)31-29(50-37)15-8-9-16-30(45)49-21-27(38-34(31)46)24-11-4-3-5-12-24/h3-8,10-15,17,23,25,27,29,31-33,44H,9,16,18-22H2,1-2H3,(H,38,46)/b15-8-/t25-,27+,29-,31+,32+,33-,37+/m1/s1. The number of aliphatic hydroxyl groups is 1. The van der Waals surface area contributed by atoms with Gasteiger partial charge in [0.25, 0.3) is 5.91 Å². The topological polar surface area (TPSA) is 156 Å². The minimum Gasteiger partial charge on any atom is -0.463 e. The van der Waals surface area contributed by atoms with Gasteiger partial charge in [0, 0.05) is 13.0 Å². The number of likely N-dealkylation sites (tertiary alicyclic amines) is 1. The van der Waals surface area contributed by atoms with Gasteiger partial charge in [-0.05, 0) is 36.5 Å². The number of nitrogens with one attached hydrogen (secondary N) is 1. The zero-order chi connectivity index (χ0) is 35.0. The second kappa shape index (κ2) is 13.8. The second-order valence-corrected chi connectivity index (χ2v) is 13.9. The van der Waals surface area contributed by atoms with E-state index in [0.717, 1.165) is 11.1 Å². The third-order valence-electron chi connectivity index (χ3n) is 10.2. The van der Waals surface area contributed by atoms with E-state index in [4.69, 9.17) is 9.47 Å². The number of aromatic nitrogens is 3. The molecular formula is C37H42N6O7. The average molecular weight is 683 g/mol. The Labute approximate surface area is 289 Å². The highest BCUT2D eigenvalue weighted by molar-refractivity contribution is 6.00. The van der Waals surface area contributed by atoms with Crippen molar-refractivity contribution in [3.63, 3.8) is 0 Å². The summed E-state index contributed by atoms with van der Waals surface area (Å²) in [5.74, 6) is -3.65. The number of esters is 1. The Bertz CT molecular complexity index is 1820. The average Bonchev–Trinajstić information content (AvgIpc) is 3.71. The highest BCUT2D eigenvalue weighted by Gasteiger charge is 2.72. The molecule has 262 valence electrons. The number of amides is 3. The van der Waals surface area contributed by atoms with Crippen molar-refractivity contribution < 1.29 is 33.8 Å². The lowest BCUT2D eigenvalue weighted by atomic mass is 9.77. The van der Waals surface area contributed by atoms with Gasteiger partial charge in [0.1, 0.15) is 30.4 Å². The lowest BCUT2D eigenvalue weighted by Crippen LogP contribution is -2.58. The number of nitrogens with zero attached hydrogens (tertiary/aromatic N) is 5. The van der Waals surface area contributed by atoms with Gasteiger partial charge in [-0.25, -0.2) is 4.68 Å². The SMILES string of the molecule is CC(C)C[C@H](CO)N1C(=O)[C@@H]2[C@H]3C(=O)N[C@H](c4ccccc4)COC(=O)CC/C=C\[C@H]3O[C@@]23C=CCN(Cn2nnc4ccccc42)C(=O)[C@@H]13. The molecule has 2 aromatic carbocycles. The first-order chi connectivity index (χ1) is 24.2. The van der Waals surface area contributed by atoms with Crippen molar-refractivity contribution in [2.75, 3.05) is 19.8 Å². The van der Waals surface area contributed by atoms with E-state index >= 15 is 0 Å². The number of allylic oxidation sites excluding steroid dienone is 1. The van der Waals surface area contributed by atoms with Crippen LogP contribution in [-0.2, 0) is 35.3 Å². The lowest BCUT2D eigenvalue weighted by Gasteiger charge is -2.39. The summed E-state index contributed by atoms with van der Waals surface area (Å²) in [6.07, 6.45) is 7.11. The summed E-state index contributed by atoms with van der Waals surface area (Å²) in [5, 5.41) is 22.3. The van der Waals surface area contributed by atoms with Crippen molar-refractivity contribution in [3.8, 4) is 0 Å². The summed E-state index contributed by atoms with van der Waals surface area (Å²) < 4.78 is 14.0. The molecule has 7 rings (SSSR count). The van der Waals surface area contributed by atoms with E-state index in [1.165, 1.54) is 4.90 Å². The Morgan fingerprint density at radius 2 is 1.80 bits per heavy atom. The van der Waals surface area contributed by atoms with Crippen LogP contribution in [0.4, 0.5) is 0 Å². The van der Waals surface area contributed by atoms with Crippen molar-refractivity contribution in [3.05, 3.63) is 84.5 Å². The van der Waals surface area contributed by atoms with Crippen LogP contribution in [0.1, 0.15) is 44.7 Å². The fourth-order valence-corrected chi connectivity index (χ4v) is 7.95. The van der Waals surface area contributed by atoms with Gasteiger partial charge in [0.15, 0.2) is 0 Å². The van der Waals surface area contributed by atoms with E-state index in [-0.39, 0.29) is 44.7 Å². The normalized spacial score (nSPS) is 29.8. The van der Waals surface area contributed by atoms with E-state index < -0.39 is 59.5 Å². The summed E-state index contributed by atoms with van der Waals surface area (Å²) in [4.78, 5) is 59.9. The predicted octanol–water partition coefficient (Wildman–Crippen LogP) is 2.53. The van der Waals surface area contributed by atoms with Crippen LogP contribution in [0, 0.1) is 17.8 Å². The van der Waals surface area contributed by atoms with Gasteiger partial charge in [0.2, 0.25) is 11.8 Å². The number of ether oxygens (including phenoxy) is 2. The highest BCUT2D eigenvalue weighted by atomic mass is 16.5. The Morgan fingerprint density at radius 3 is 2.58 bits per heavy atom. The van der Waals surface area contributed by atoms with Crippen LogP contribution in [0.2, 0.25) is 0 Å². The smallest absolute Gasteiger partial charge is 0.306 e. The molecule has 2 N–H and O–H groups in total. The number of para-hydroxylation sites is 1. The van der Waals surface area contributed by atoms with Crippen molar-refractivity contribution in [1.29, 1.82) is 0 Å². The largest absolute Gasteiger partial charge is 0.463 e. The van der Waals surface area contributed by atoms with Crippen LogP contribution in [0.5, 0.6) is 0 Å². The van der Waals surface area contributed by atoms with E-state index in [2.05, 4.69) is 15.6 Å². The third-order valence-corrected chi connectivity index (χ3v) is 10.2. The predicted molar refractivity (Wildman–Crippen MR) is 181 cm³/mol. The summed E-state index contributed by atoms with van der Waals surface area (Å²) in [6, 6.07) is 14.1. The molecule has 0 aliphatic carbocycles. The molecule has 7 atom stereocenters. The van der Waals surface area contributed by atoms with Crippen molar-refractivity contribution >= 4 is 34.7 Å². The van der Waals surface area contributed by atoms with Crippen molar-refractivity contribution in [1.82, 2.24) is 30.1 Å². The molecule has 0 bridgehead atoms. The quantitative estimate of drug-likeness (QED) is 0.283. The molecule has 4 aliphatic heterocycles. The Balaban J connectivity index is 1.30. The molecule has 1 aromatic heterocycles. The van der Waals surface area contributed by atoms with Gasteiger partial charge in [0.05, 0.1) is 42.1 Å². The maximum Gasteiger partial charge on any atom is 0.306 e. The third kappa shape index (κ3) is 5.98. The molecule has 3 amide bonds. The first-order valence-electron chi connectivity index (χ1n) is 17.2. The number of hydrogen-bond donors (Lipinski definition) is 2. The molecule has 50 heavy (non-hydrogen) atoms. The van der Waals surface area contributed by atoms with Crippen molar-refractivity contribution in [2.45, 2.75) is 69.6 Å². The van der Waals surface area contributed by atoms with E-state index in [1.807, 2.05) is 74.5 Å². The number of rotatable bonds is 7. The molecule has 3 aromatic rings. The number of fused-ring (bicyclic) bond motifs is 3. The molecule has 13 heteroatoms. The molecule has 0 radical (unpaired) electrons. The Kier molecular flexibility index (Phi) is 9.27. The zero-order valence-corrected chi connectivity index (χ0v) is 28.1. The maximum atomic E-state index is 14.9. The number of carbonyl (C=O) groups is 4. The minimum atomic E-state index is -1.51. The molecule has 13 nitrogen and oxygen atoms in total. The van der Waals surface area contributed by atoms with Gasteiger partial charge in [-0.1, -0.05) is 85.8 Å². The number of benzene rings is 2. The van der Waals surface area contributed by atoms with E-state index in [0.29, 0.717) is 18.4 Å². The van der Waals surface area contributed by atoms with Crippen LogP contribution < -0.4 is 5.32 Å². The van der Waals surface area contributed by atoms with Gasteiger partial charge < -0.3 is 29.7 Å². The zero-order valence-electron chi connectivity index (χ0n) is 28.1. The van der Waals surface area contributed by atoms with Gasteiger partial charge >= 0.3 is 5.97 Å². The number of carbonyl (C=O) groups excluding carboxylic acids is 4. The number of hydrogen-bond acceptors (Lipinski definition) is 9. The van der Waals surface area contributed by atoms with E-state index in [1.54, 1.807) is 27.8 Å². The molecule has 2 saturated heterocycles. The fraction of sp³-hybridized carbons (Fsp3) is 0.459. The van der Waals surface area contributed by atoms with Crippen LogP contribution in [0.25, 0.3) is 11.0 Å². The lowest BCUT2D eigenvalue weighted by molar-refractivity contribution is -0.152. The molecular weight excluding hydrogens is 640 g/mol. The molecule has 1 spiro atoms. The van der Waals surface area contributed by atoms with Crippen LogP contribution in [0.15, 0.2) is 78.9 Å². The first kappa shape index (κ1) is 33.6. The van der Waals surface area contributed by atoms with Gasteiger partial charge in [-0.15, -0.1) is 5.10 Å². The fourth-order valence-electron chi connectivity index (χ4n) is 7.95. The molecule has 5 heterocycles.